The number of hydrogen-bond donors (Lipinski definition) is 1. The fourth-order valence-electron chi connectivity index (χ4n) is 2.13. The van der Waals surface area contributed by atoms with Gasteiger partial charge in [0, 0.05) is 23.4 Å². The second kappa shape index (κ2) is 9.30. The van der Waals surface area contributed by atoms with Gasteiger partial charge in [-0.1, -0.05) is 17.7 Å². The molecule has 1 aromatic heterocycles. The van der Waals surface area contributed by atoms with Crippen molar-refractivity contribution in [1.82, 2.24) is 0 Å². The predicted octanol–water partition coefficient (Wildman–Crippen LogP) is 4.20. The van der Waals surface area contributed by atoms with Gasteiger partial charge in [-0.3, -0.25) is 19.7 Å². The summed E-state index contributed by atoms with van der Waals surface area (Å²) in [4.78, 5) is 35.3. The Balaban J connectivity index is 1.84. The van der Waals surface area contributed by atoms with Crippen LogP contribution < -0.4 is 5.32 Å². The topological polar surface area (TPSA) is 98.5 Å². The number of hydrogen-bond acceptors (Lipinski definition) is 6. The van der Waals surface area contributed by atoms with Crippen molar-refractivity contribution in [3.63, 3.8) is 0 Å². The molecule has 1 amide bonds. The second-order valence-corrected chi connectivity index (χ2v) is 6.91. The minimum atomic E-state index is -1.04. The Kier molecular flexibility index (Phi) is 7.11. The molecule has 0 aliphatic heterocycles. The number of nitrogens with zero attached hydrogens (tertiary/aromatic N) is 1. The molecule has 1 heterocycles. The number of amides is 1. The number of anilines is 1. The number of halogens is 1. The first kappa shape index (κ1) is 19.9. The molecule has 0 saturated heterocycles. The lowest BCUT2D eigenvalue weighted by Crippen LogP contribution is -2.30. The minimum Gasteiger partial charge on any atom is -0.453 e. The van der Waals surface area contributed by atoms with Gasteiger partial charge < -0.3 is 10.1 Å². The number of non-ortho nitro benzene ring substituents is 1. The molecule has 0 bridgehead atoms. The van der Waals surface area contributed by atoms with Crippen molar-refractivity contribution in [2.75, 3.05) is 5.32 Å². The van der Waals surface area contributed by atoms with Crippen molar-refractivity contribution >= 4 is 46.2 Å². The lowest BCUT2D eigenvalue weighted by molar-refractivity contribution is -0.384. The zero-order chi connectivity index (χ0) is 19.1. The molecular weight excluding hydrogens is 380 g/mol. The summed E-state index contributed by atoms with van der Waals surface area (Å²) in [6.45, 7) is 1.43. The van der Waals surface area contributed by atoms with E-state index in [0.29, 0.717) is 6.42 Å². The van der Waals surface area contributed by atoms with Gasteiger partial charge in [0.25, 0.3) is 11.6 Å². The molecule has 0 radical (unpaired) electrons. The van der Waals surface area contributed by atoms with Gasteiger partial charge in [0.1, 0.15) is 0 Å². The number of benzene rings is 1. The van der Waals surface area contributed by atoms with Crippen LogP contribution in [0.25, 0.3) is 0 Å². The molecule has 0 saturated carbocycles. The van der Waals surface area contributed by atoms with E-state index in [4.69, 9.17) is 16.3 Å². The van der Waals surface area contributed by atoms with Gasteiger partial charge in [0.05, 0.1) is 15.6 Å². The smallest absolute Gasteiger partial charge is 0.306 e. The summed E-state index contributed by atoms with van der Waals surface area (Å²) in [6.07, 6.45) is 0.563. The molecule has 2 rings (SSSR count). The van der Waals surface area contributed by atoms with Crippen molar-refractivity contribution in [2.24, 2.45) is 0 Å². The van der Waals surface area contributed by atoms with Gasteiger partial charge in [-0.15, -0.1) is 11.3 Å². The SMILES string of the molecule is CC(OC(=O)CCCc1cccs1)C(=O)Nc1cc([N+](=O)[O-])ccc1Cl. The Labute approximate surface area is 159 Å². The molecule has 2 aromatic rings. The van der Waals surface area contributed by atoms with Crippen LogP contribution in [0.2, 0.25) is 5.02 Å². The third-order valence-electron chi connectivity index (χ3n) is 3.48. The molecule has 0 aliphatic rings. The van der Waals surface area contributed by atoms with Gasteiger partial charge >= 0.3 is 5.97 Å². The van der Waals surface area contributed by atoms with Crippen LogP contribution in [0.1, 0.15) is 24.6 Å². The maximum Gasteiger partial charge on any atom is 0.306 e. The average molecular weight is 397 g/mol. The standard InChI is InChI=1S/C17H17ClN2O5S/c1-11(25-16(21)6-2-4-13-5-3-9-26-13)17(22)19-15-10-12(20(23)24)7-8-14(15)18/h3,5,7-11H,2,4,6H2,1H3,(H,19,22). The Morgan fingerprint density at radius 1 is 1.38 bits per heavy atom. The van der Waals surface area contributed by atoms with Gasteiger partial charge in [0.2, 0.25) is 0 Å². The molecule has 0 aliphatic carbocycles. The van der Waals surface area contributed by atoms with Crippen LogP contribution in [0, 0.1) is 10.1 Å². The highest BCUT2D eigenvalue weighted by Crippen LogP contribution is 2.26. The van der Waals surface area contributed by atoms with E-state index in [2.05, 4.69) is 5.32 Å². The van der Waals surface area contributed by atoms with E-state index in [1.807, 2.05) is 17.5 Å². The van der Waals surface area contributed by atoms with Gasteiger partial charge in [-0.2, -0.15) is 0 Å². The summed E-state index contributed by atoms with van der Waals surface area (Å²) >= 11 is 7.55. The number of thiophene rings is 1. The molecule has 1 unspecified atom stereocenters. The Hall–Kier alpha value is -2.45. The van der Waals surface area contributed by atoms with Crippen molar-refractivity contribution in [1.29, 1.82) is 0 Å². The van der Waals surface area contributed by atoms with Crippen LogP contribution in [0.4, 0.5) is 11.4 Å². The summed E-state index contributed by atoms with van der Waals surface area (Å²) in [5.41, 5.74) is -0.116. The molecule has 7 nitrogen and oxygen atoms in total. The maximum absolute atomic E-state index is 12.1. The number of carbonyl (C=O) groups is 2. The summed E-state index contributed by atoms with van der Waals surface area (Å²) in [5.74, 6) is -1.09. The maximum atomic E-state index is 12.1. The van der Waals surface area contributed by atoms with Crippen LogP contribution in [-0.4, -0.2) is 22.9 Å². The average Bonchev–Trinajstić information content (AvgIpc) is 3.09. The third kappa shape index (κ3) is 5.82. The fourth-order valence-corrected chi connectivity index (χ4v) is 3.04. The largest absolute Gasteiger partial charge is 0.453 e. The highest BCUT2D eigenvalue weighted by atomic mass is 35.5. The number of nitro groups is 1. The van der Waals surface area contributed by atoms with Crippen LogP contribution in [0.5, 0.6) is 0 Å². The van der Waals surface area contributed by atoms with Crippen molar-refractivity contribution in [3.8, 4) is 0 Å². The number of nitrogens with one attached hydrogen (secondary N) is 1. The molecule has 1 aromatic carbocycles. The van der Waals surface area contributed by atoms with Crippen molar-refractivity contribution in [3.05, 3.63) is 55.7 Å². The lowest BCUT2D eigenvalue weighted by Gasteiger charge is -2.14. The number of aryl methyl sites for hydroxylation is 1. The van der Waals surface area contributed by atoms with E-state index in [1.54, 1.807) is 11.3 Å². The van der Waals surface area contributed by atoms with Gasteiger partial charge in [-0.05, 0) is 37.3 Å². The molecular formula is C17H17ClN2O5S. The molecule has 138 valence electrons. The molecule has 9 heteroatoms. The number of ether oxygens (including phenoxy) is 1. The monoisotopic (exact) mass is 396 g/mol. The normalized spacial score (nSPS) is 11.6. The zero-order valence-electron chi connectivity index (χ0n) is 13.9. The lowest BCUT2D eigenvalue weighted by atomic mass is 10.2. The second-order valence-electron chi connectivity index (χ2n) is 5.48. The van der Waals surface area contributed by atoms with Crippen molar-refractivity contribution in [2.45, 2.75) is 32.3 Å². The minimum absolute atomic E-state index is 0.0893. The fraction of sp³-hybridized carbons (Fsp3) is 0.294. The highest BCUT2D eigenvalue weighted by molar-refractivity contribution is 7.09. The molecule has 1 N–H and O–H groups in total. The Morgan fingerprint density at radius 3 is 2.81 bits per heavy atom. The van der Waals surface area contributed by atoms with Crippen LogP contribution in [-0.2, 0) is 20.7 Å². The third-order valence-corrected chi connectivity index (χ3v) is 4.75. The van der Waals surface area contributed by atoms with Crippen LogP contribution >= 0.6 is 22.9 Å². The predicted molar refractivity (Wildman–Crippen MR) is 99.5 cm³/mol. The number of rotatable bonds is 8. The summed E-state index contributed by atoms with van der Waals surface area (Å²) in [5, 5.41) is 15.4. The summed E-state index contributed by atoms with van der Waals surface area (Å²) < 4.78 is 5.10. The molecule has 0 spiro atoms. The van der Waals surface area contributed by atoms with Crippen LogP contribution in [0.15, 0.2) is 35.7 Å². The van der Waals surface area contributed by atoms with E-state index in [9.17, 15) is 19.7 Å². The van der Waals surface area contributed by atoms with E-state index in [1.165, 1.54) is 23.9 Å². The van der Waals surface area contributed by atoms with Crippen LogP contribution in [0.3, 0.4) is 0 Å². The van der Waals surface area contributed by atoms with E-state index in [-0.39, 0.29) is 22.8 Å². The first-order valence-electron chi connectivity index (χ1n) is 7.83. The summed E-state index contributed by atoms with van der Waals surface area (Å²) in [7, 11) is 0. The number of esters is 1. The van der Waals surface area contributed by atoms with E-state index >= 15 is 0 Å². The Morgan fingerprint density at radius 2 is 2.15 bits per heavy atom. The van der Waals surface area contributed by atoms with Gasteiger partial charge in [0.15, 0.2) is 6.10 Å². The number of nitro benzene ring substituents is 1. The zero-order valence-corrected chi connectivity index (χ0v) is 15.5. The van der Waals surface area contributed by atoms with E-state index < -0.39 is 22.9 Å². The van der Waals surface area contributed by atoms with E-state index in [0.717, 1.165) is 12.5 Å². The molecule has 0 fully saturated rings. The summed E-state index contributed by atoms with van der Waals surface area (Å²) in [6, 6.07) is 7.64. The molecule has 1 atom stereocenters. The molecule has 26 heavy (non-hydrogen) atoms. The first-order chi connectivity index (χ1) is 12.4. The highest BCUT2D eigenvalue weighted by Gasteiger charge is 2.20. The Bertz CT molecular complexity index is 794. The number of carbonyl (C=O) groups excluding carboxylic acids is 2. The quantitative estimate of drug-likeness (QED) is 0.409. The first-order valence-corrected chi connectivity index (χ1v) is 9.09. The van der Waals surface area contributed by atoms with Crippen molar-refractivity contribution < 1.29 is 19.2 Å². The van der Waals surface area contributed by atoms with Gasteiger partial charge in [-0.25, -0.2) is 0 Å².